The van der Waals surface area contributed by atoms with Crippen LogP contribution in [0.4, 0.5) is 10.5 Å². The van der Waals surface area contributed by atoms with Gasteiger partial charge in [0.25, 0.3) is 0 Å². The highest BCUT2D eigenvalue weighted by atomic mass is 16.6. The van der Waals surface area contributed by atoms with Crippen molar-refractivity contribution in [3.63, 3.8) is 0 Å². The number of methoxy groups -OCH3 is 1. The van der Waals surface area contributed by atoms with Crippen LogP contribution in [0.1, 0.15) is 44.1 Å². The average Bonchev–Trinajstić information content (AvgIpc) is 3.03. The smallest absolute Gasteiger partial charge is 0.411 e. The zero-order chi connectivity index (χ0) is 31.9. The normalized spacial score (nSPS) is 14.2. The summed E-state index contributed by atoms with van der Waals surface area (Å²) in [4.78, 5) is 15.2. The van der Waals surface area contributed by atoms with E-state index in [4.69, 9.17) is 14.2 Å². The van der Waals surface area contributed by atoms with E-state index in [9.17, 15) is 4.79 Å². The molecule has 4 rings (SSSR count). The van der Waals surface area contributed by atoms with E-state index in [0.29, 0.717) is 6.61 Å². The average molecular weight is 615 g/mol. The number of likely N-dealkylation sites (N-methyl/N-ethyl adjacent to an activating group) is 1. The Morgan fingerprint density at radius 2 is 1.60 bits per heavy atom. The summed E-state index contributed by atoms with van der Waals surface area (Å²) >= 11 is 0. The van der Waals surface area contributed by atoms with Crippen LogP contribution in [-0.4, -0.2) is 82.1 Å². The molecule has 3 aromatic rings. The van der Waals surface area contributed by atoms with Crippen LogP contribution in [0.5, 0.6) is 5.75 Å². The molecule has 1 amide bonds. The second-order valence-electron chi connectivity index (χ2n) is 12.8. The van der Waals surface area contributed by atoms with Gasteiger partial charge in [0.05, 0.1) is 40.0 Å². The summed E-state index contributed by atoms with van der Waals surface area (Å²) in [7, 11) is 6.30. The van der Waals surface area contributed by atoms with Crippen molar-refractivity contribution in [3.05, 3.63) is 96.6 Å². The summed E-state index contributed by atoms with van der Waals surface area (Å²) in [5.41, 5.74) is 5.17. The number of carbonyl (C=O) groups excluding carboxylic acids is 1. The Kier molecular flexibility index (Phi) is 13.5. The van der Waals surface area contributed by atoms with Crippen molar-refractivity contribution in [2.45, 2.75) is 51.2 Å². The van der Waals surface area contributed by atoms with Gasteiger partial charge in [0.2, 0.25) is 0 Å². The molecule has 1 saturated heterocycles. The van der Waals surface area contributed by atoms with Crippen LogP contribution in [0.2, 0.25) is 0 Å². The van der Waals surface area contributed by atoms with Gasteiger partial charge in [-0.2, -0.15) is 0 Å². The lowest BCUT2D eigenvalue weighted by atomic mass is 10.0. The first-order chi connectivity index (χ1) is 21.8. The van der Waals surface area contributed by atoms with Crippen LogP contribution < -0.4 is 10.1 Å². The fraction of sp³-hybridized carbons (Fsp3) is 0.447. The third-order valence-corrected chi connectivity index (χ3v) is 8.41. The van der Waals surface area contributed by atoms with E-state index in [1.54, 1.807) is 7.11 Å². The first-order valence-corrected chi connectivity index (χ1v) is 16.4. The minimum absolute atomic E-state index is 0.0720. The van der Waals surface area contributed by atoms with Gasteiger partial charge in [-0.3, -0.25) is 10.2 Å². The molecule has 0 unspecified atom stereocenters. The lowest BCUT2D eigenvalue weighted by Crippen LogP contribution is -2.45. The number of ether oxygens (including phenoxy) is 3. The highest BCUT2D eigenvalue weighted by Crippen LogP contribution is 2.28. The van der Waals surface area contributed by atoms with Crippen molar-refractivity contribution < 1.29 is 23.5 Å². The SMILES string of the molecule is C=C(CN1CCC(OC(=O)Nc2ccccc2-c2ccccc2)CC1)C[N+](C)(C)CCCCCCOCc1ccccc1OC. The maximum absolute atomic E-state index is 12.8. The molecule has 0 aliphatic carbocycles. The molecule has 7 nitrogen and oxygen atoms in total. The van der Waals surface area contributed by atoms with Crippen molar-refractivity contribution in [2.75, 3.05) is 65.9 Å². The molecule has 1 aliphatic heterocycles. The molecule has 0 radical (unpaired) electrons. The van der Waals surface area contributed by atoms with E-state index in [1.165, 1.54) is 24.8 Å². The Labute approximate surface area is 270 Å². The molecule has 0 atom stereocenters. The van der Waals surface area contributed by atoms with Crippen LogP contribution >= 0.6 is 0 Å². The molecule has 1 N–H and O–H groups in total. The molecule has 1 heterocycles. The van der Waals surface area contributed by atoms with Crippen molar-refractivity contribution in [2.24, 2.45) is 0 Å². The summed E-state index contributed by atoms with van der Waals surface area (Å²) < 4.78 is 18.0. The zero-order valence-electron chi connectivity index (χ0n) is 27.5. The Bertz CT molecular complexity index is 1340. The van der Waals surface area contributed by atoms with Crippen molar-refractivity contribution in [1.29, 1.82) is 0 Å². The van der Waals surface area contributed by atoms with Gasteiger partial charge in [-0.25, -0.2) is 4.79 Å². The third kappa shape index (κ3) is 11.7. The number of nitrogens with zero attached hydrogens (tertiary/aromatic N) is 2. The molecule has 1 aliphatic rings. The first-order valence-electron chi connectivity index (χ1n) is 16.4. The van der Waals surface area contributed by atoms with E-state index < -0.39 is 0 Å². The number of benzene rings is 3. The number of para-hydroxylation sites is 2. The zero-order valence-corrected chi connectivity index (χ0v) is 27.5. The summed E-state index contributed by atoms with van der Waals surface area (Å²) in [6.45, 7) is 10.6. The maximum atomic E-state index is 12.8. The molecule has 3 aromatic carbocycles. The van der Waals surface area contributed by atoms with Crippen LogP contribution in [-0.2, 0) is 16.1 Å². The molecule has 0 spiro atoms. The number of hydrogen-bond donors (Lipinski definition) is 1. The van der Waals surface area contributed by atoms with Gasteiger partial charge in [-0.1, -0.05) is 79.7 Å². The number of piperidine rings is 1. The standard InChI is InChI=1S/C38H51N3O4/c1-31(29-41(2,3)26-14-5-6-15-27-44-30-33-18-10-13-21-37(33)43-4)28-40-24-22-34(23-25-40)45-38(42)39-36-20-12-11-19-35(36)32-16-8-7-9-17-32/h7-13,16-21,34H,1,5-6,14-15,22-30H2,2-4H3/p+1. The number of carbonyl (C=O) groups is 1. The lowest BCUT2D eigenvalue weighted by molar-refractivity contribution is -0.885. The Balaban J connectivity index is 1.07. The molecule has 0 bridgehead atoms. The van der Waals surface area contributed by atoms with Crippen molar-refractivity contribution in [3.8, 4) is 16.9 Å². The van der Waals surface area contributed by atoms with Crippen LogP contribution in [0, 0.1) is 0 Å². The van der Waals surface area contributed by atoms with Crippen molar-refractivity contribution >= 4 is 11.8 Å². The molecule has 7 heteroatoms. The van der Waals surface area contributed by atoms with Gasteiger partial charge in [-0.15, -0.1) is 0 Å². The Morgan fingerprint density at radius 3 is 2.38 bits per heavy atom. The molecule has 45 heavy (non-hydrogen) atoms. The number of unbranched alkanes of at least 4 members (excludes halogenated alkanes) is 3. The Morgan fingerprint density at radius 1 is 0.911 bits per heavy atom. The first kappa shape index (κ1) is 34.2. The number of likely N-dealkylation sites (tertiary alicyclic amines) is 1. The van der Waals surface area contributed by atoms with Crippen LogP contribution in [0.3, 0.4) is 0 Å². The fourth-order valence-electron chi connectivity index (χ4n) is 6.09. The summed E-state index contributed by atoms with van der Waals surface area (Å²) in [5.74, 6) is 0.888. The van der Waals surface area contributed by atoms with Crippen molar-refractivity contribution in [1.82, 2.24) is 4.90 Å². The van der Waals surface area contributed by atoms with Crippen LogP contribution in [0.25, 0.3) is 11.1 Å². The number of anilines is 1. The largest absolute Gasteiger partial charge is 0.496 e. The molecule has 0 saturated carbocycles. The Hall–Kier alpha value is -3.65. The quantitative estimate of drug-likeness (QED) is 0.0956. The number of amides is 1. The van der Waals surface area contributed by atoms with E-state index >= 15 is 0 Å². The van der Waals surface area contributed by atoms with E-state index in [-0.39, 0.29) is 12.2 Å². The highest BCUT2D eigenvalue weighted by Gasteiger charge is 2.24. The molecular weight excluding hydrogens is 562 g/mol. The number of quaternary nitrogens is 1. The van der Waals surface area contributed by atoms with Gasteiger partial charge < -0.3 is 18.7 Å². The summed E-state index contributed by atoms with van der Waals surface area (Å²) in [6, 6.07) is 25.9. The lowest BCUT2D eigenvalue weighted by Gasteiger charge is -2.35. The number of rotatable bonds is 17. The molecular formula is C38H52N3O4+. The summed E-state index contributed by atoms with van der Waals surface area (Å²) in [5, 5.41) is 2.97. The number of hydrogen-bond acceptors (Lipinski definition) is 5. The second kappa shape index (κ2) is 17.7. The van der Waals surface area contributed by atoms with E-state index in [0.717, 1.165) is 91.2 Å². The number of nitrogens with one attached hydrogen (secondary N) is 1. The van der Waals surface area contributed by atoms with E-state index in [1.807, 2.05) is 72.8 Å². The molecule has 0 aromatic heterocycles. The molecule has 1 fully saturated rings. The monoisotopic (exact) mass is 614 g/mol. The fourth-order valence-corrected chi connectivity index (χ4v) is 6.09. The maximum Gasteiger partial charge on any atom is 0.411 e. The van der Waals surface area contributed by atoms with Gasteiger partial charge in [0.15, 0.2) is 0 Å². The molecule has 242 valence electrons. The van der Waals surface area contributed by atoms with Gasteiger partial charge in [0.1, 0.15) is 18.4 Å². The summed E-state index contributed by atoms with van der Waals surface area (Å²) in [6.07, 6.45) is 5.89. The predicted molar refractivity (Wildman–Crippen MR) is 184 cm³/mol. The van der Waals surface area contributed by atoms with E-state index in [2.05, 4.69) is 37.0 Å². The predicted octanol–water partition coefficient (Wildman–Crippen LogP) is 7.78. The third-order valence-electron chi connectivity index (χ3n) is 8.41. The minimum Gasteiger partial charge on any atom is -0.496 e. The topological polar surface area (TPSA) is 60.0 Å². The minimum atomic E-state index is -0.388. The highest BCUT2D eigenvalue weighted by molar-refractivity contribution is 5.91. The van der Waals surface area contributed by atoms with Gasteiger partial charge in [0, 0.05) is 37.4 Å². The van der Waals surface area contributed by atoms with Gasteiger partial charge >= 0.3 is 6.09 Å². The van der Waals surface area contributed by atoms with Crippen LogP contribution in [0.15, 0.2) is 91.0 Å². The second-order valence-corrected chi connectivity index (χ2v) is 12.8. The van der Waals surface area contributed by atoms with Gasteiger partial charge in [-0.05, 0) is 55.4 Å².